The van der Waals surface area contributed by atoms with E-state index >= 15 is 0 Å². The summed E-state index contributed by atoms with van der Waals surface area (Å²) in [6, 6.07) is 6.15. The van der Waals surface area contributed by atoms with Crippen molar-refractivity contribution in [2.45, 2.75) is 0 Å². The Balaban J connectivity index is -0.000000185. The standard InChI is InChI=1S/C6H6O2.2H3N.H3O4P/c7-5-3-1-2-4-6(5)8;;;1-5(2,3)4/h1-4,7-8H;2*1H3;(H3,1,2,3,4). The van der Waals surface area contributed by atoms with Crippen molar-refractivity contribution in [1.29, 1.82) is 0 Å². The zero-order valence-corrected chi connectivity index (χ0v) is 8.71. The number of phenolic OH excluding ortho intramolecular Hbond substituents is 2. The van der Waals surface area contributed by atoms with E-state index in [1.54, 1.807) is 12.1 Å². The number of phenols is 2. The minimum Gasteiger partial charge on any atom is -0.504 e. The fraction of sp³-hybridized carbons (Fsp3) is 0. The first-order valence-electron chi connectivity index (χ1n) is 3.06. The van der Waals surface area contributed by atoms with Crippen LogP contribution in [0.2, 0.25) is 0 Å². The Morgan fingerprint density at radius 1 is 0.867 bits per heavy atom. The lowest BCUT2D eigenvalue weighted by Gasteiger charge is -1.91. The van der Waals surface area contributed by atoms with Crippen LogP contribution in [0.4, 0.5) is 0 Å². The number of para-hydroxylation sites is 2. The first-order valence-corrected chi connectivity index (χ1v) is 4.62. The van der Waals surface area contributed by atoms with Gasteiger partial charge in [-0.25, -0.2) is 4.57 Å². The van der Waals surface area contributed by atoms with Crippen molar-refractivity contribution in [3.8, 4) is 11.5 Å². The number of hydrogen-bond donors (Lipinski definition) is 7. The number of aromatic hydroxyl groups is 2. The predicted molar refractivity (Wildman–Crippen MR) is 54.1 cm³/mol. The summed E-state index contributed by atoms with van der Waals surface area (Å²) < 4.78 is 8.88. The Hall–Kier alpha value is -1.15. The van der Waals surface area contributed by atoms with Crippen LogP contribution in [0.5, 0.6) is 11.5 Å². The molecule has 0 radical (unpaired) electrons. The maximum absolute atomic E-state index is 8.88. The Bertz CT molecular complexity index is 285. The molecule has 0 heterocycles. The monoisotopic (exact) mass is 242 g/mol. The minimum atomic E-state index is -4.64. The molecule has 1 aromatic rings. The van der Waals surface area contributed by atoms with E-state index in [-0.39, 0.29) is 23.8 Å². The largest absolute Gasteiger partial charge is 0.504 e. The summed E-state index contributed by atoms with van der Waals surface area (Å²) in [5, 5.41) is 17.3. The first-order chi connectivity index (χ1) is 5.80. The average molecular weight is 242 g/mol. The Morgan fingerprint density at radius 2 is 1.07 bits per heavy atom. The molecule has 0 unspecified atom stereocenters. The zero-order chi connectivity index (χ0) is 10.5. The molecule has 0 amide bonds. The molecular weight excluding hydrogens is 227 g/mol. The van der Waals surface area contributed by atoms with Crippen LogP contribution in [-0.4, -0.2) is 24.9 Å². The van der Waals surface area contributed by atoms with E-state index in [0.717, 1.165) is 0 Å². The van der Waals surface area contributed by atoms with Gasteiger partial charge in [0.25, 0.3) is 0 Å². The van der Waals surface area contributed by atoms with E-state index in [0.29, 0.717) is 0 Å². The van der Waals surface area contributed by atoms with Gasteiger partial charge in [-0.15, -0.1) is 0 Å². The number of phosphoric acid groups is 1. The molecule has 0 atom stereocenters. The third-order valence-electron chi connectivity index (χ3n) is 0.882. The van der Waals surface area contributed by atoms with E-state index in [9.17, 15) is 0 Å². The molecule has 11 N–H and O–H groups in total. The second kappa shape index (κ2) is 8.18. The summed E-state index contributed by atoms with van der Waals surface area (Å²) in [6.07, 6.45) is 0. The Labute approximate surface area is 86.2 Å². The van der Waals surface area contributed by atoms with Crippen molar-refractivity contribution in [2.75, 3.05) is 0 Å². The first kappa shape index (κ1) is 19.4. The van der Waals surface area contributed by atoms with Crippen molar-refractivity contribution in [1.82, 2.24) is 12.3 Å². The molecular formula is C6H15N2O6P. The molecule has 1 aromatic carbocycles. The number of hydrogen-bond acceptors (Lipinski definition) is 5. The molecule has 0 saturated heterocycles. The van der Waals surface area contributed by atoms with Gasteiger partial charge in [-0.2, -0.15) is 0 Å². The number of benzene rings is 1. The van der Waals surface area contributed by atoms with Crippen LogP contribution in [0.15, 0.2) is 24.3 Å². The number of rotatable bonds is 0. The van der Waals surface area contributed by atoms with Gasteiger partial charge >= 0.3 is 7.82 Å². The van der Waals surface area contributed by atoms with Gasteiger partial charge < -0.3 is 37.2 Å². The molecule has 0 aromatic heterocycles. The second-order valence-corrected chi connectivity index (χ2v) is 3.03. The molecule has 0 saturated carbocycles. The third-order valence-corrected chi connectivity index (χ3v) is 0.882. The lowest BCUT2D eigenvalue weighted by atomic mass is 10.3. The van der Waals surface area contributed by atoms with E-state index in [2.05, 4.69) is 0 Å². The van der Waals surface area contributed by atoms with E-state index in [1.807, 2.05) is 0 Å². The van der Waals surface area contributed by atoms with E-state index < -0.39 is 7.82 Å². The summed E-state index contributed by atoms with van der Waals surface area (Å²) in [4.78, 5) is 21.6. The van der Waals surface area contributed by atoms with Gasteiger partial charge in [-0.1, -0.05) is 12.1 Å². The fourth-order valence-corrected chi connectivity index (χ4v) is 0.464. The Morgan fingerprint density at radius 3 is 1.20 bits per heavy atom. The molecule has 0 aliphatic carbocycles. The quantitative estimate of drug-likeness (QED) is 0.252. The summed E-state index contributed by atoms with van der Waals surface area (Å²) in [7, 11) is -4.64. The van der Waals surface area contributed by atoms with Gasteiger partial charge in [0.1, 0.15) is 0 Å². The SMILES string of the molecule is N.N.O=P(O)(O)O.Oc1ccccc1O. The van der Waals surface area contributed by atoms with Gasteiger partial charge in [0.2, 0.25) is 0 Å². The second-order valence-electron chi connectivity index (χ2n) is 2.00. The molecule has 90 valence electrons. The lowest BCUT2D eigenvalue weighted by molar-refractivity contribution is 0.275. The van der Waals surface area contributed by atoms with Gasteiger partial charge in [0, 0.05) is 0 Å². The highest BCUT2D eigenvalue weighted by Crippen LogP contribution is 2.25. The highest BCUT2D eigenvalue weighted by molar-refractivity contribution is 7.45. The molecule has 0 bridgehead atoms. The van der Waals surface area contributed by atoms with Crippen molar-refractivity contribution in [3.05, 3.63) is 24.3 Å². The van der Waals surface area contributed by atoms with Crippen molar-refractivity contribution < 1.29 is 29.5 Å². The molecule has 9 heteroatoms. The highest BCUT2D eigenvalue weighted by Gasteiger charge is 2.00. The summed E-state index contributed by atoms with van der Waals surface area (Å²) in [6.45, 7) is 0. The van der Waals surface area contributed by atoms with Crippen LogP contribution in [0.1, 0.15) is 0 Å². The maximum atomic E-state index is 8.88. The molecule has 0 spiro atoms. The van der Waals surface area contributed by atoms with Crippen LogP contribution in [-0.2, 0) is 4.57 Å². The van der Waals surface area contributed by atoms with Gasteiger partial charge in [0.05, 0.1) is 0 Å². The lowest BCUT2D eigenvalue weighted by Crippen LogP contribution is -1.66. The summed E-state index contributed by atoms with van der Waals surface area (Å²) in [5.41, 5.74) is 0. The molecule has 0 fully saturated rings. The van der Waals surface area contributed by atoms with Gasteiger partial charge in [-0.3, -0.25) is 0 Å². The molecule has 15 heavy (non-hydrogen) atoms. The van der Waals surface area contributed by atoms with Crippen molar-refractivity contribution in [2.24, 2.45) is 0 Å². The van der Waals surface area contributed by atoms with Crippen LogP contribution in [0, 0.1) is 0 Å². The average Bonchev–Trinajstić information content (AvgIpc) is 1.92. The maximum Gasteiger partial charge on any atom is 0.466 e. The summed E-state index contributed by atoms with van der Waals surface area (Å²) >= 11 is 0. The van der Waals surface area contributed by atoms with Crippen LogP contribution >= 0.6 is 7.82 Å². The summed E-state index contributed by atoms with van der Waals surface area (Å²) in [5.74, 6) is -0.153. The molecule has 0 aliphatic rings. The molecule has 1 rings (SSSR count). The molecule has 8 nitrogen and oxygen atoms in total. The van der Waals surface area contributed by atoms with Crippen LogP contribution in [0.3, 0.4) is 0 Å². The normalized spacial score (nSPS) is 8.73. The van der Waals surface area contributed by atoms with Crippen LogP contribution in [0.25, 0.3) is 0 Å². The van der Waals surface area contributed by atoms with E-state index in [4.69, 9.17) is 29.5 Å². The minimum absolute atomic E-state index is 0. The van der Waals surface area contributed by atoms with Gasteiger partial charge in [0.15, 0.2) is 11.5 Å². The topological polar surface area (TPSA) is 188 Å². The van der Waals surface area contributed by atoms with Crippen LogP contribution < -0.4 is 12.3 Å². The van der Waals surface area contributed by atoms with Gasteiger partial charge in [-0.05, 0) is 12.1 Å². The third kappa shape index (κ3) is 15.6. The van der Waals surface area contributed by atoms with Crippen molar-refractivity contribution >= 4 is 7.82 Å². The smallest absolute Gasteiger partial charge is 0.466 e. The van der Waals surface area contributed by atoms with E-state index in [1.165, 1.54) is 12.1 Å². The molecule has 0 aliphatic heterocycles. The highest BCUT2D eigenvalue weighted by atomic mass is 31.2. The predicted octanol–water partition coefficient (Wildman–Crippen LogP) is 0.493. The van der Waals surface area contributed by atoms with Crippen molar-refractivity contribution in [3.63, 3.8) is 0 Å². The Kier molecular flexibility index (Phi) is 10.6. The zero-order valence-electron chi connectivity index (χ0n) is 7.82. The fourth-order valence-electron chi connectivity index (χ4n) is 0.464.